The number of benzene rings is 3. The van der Waals surface area contributed by atoms with Crippen molar-refractivity contribution < 1.29 is 24.2 Å². The van der Waals surface area contributed by atoms with Gasteiger partial charge in [-0.2, -0.15) is 0 Å². The fourth-order valence-electron chi connectivity index (χ4n) is 3.66. The van der Waals surface area contributed by atoms with Crippen molar-refractivity contribution in [1.29, 1.82) is 0 Å². The van der Waals surface area contributed by atoms with Crippen LogP contribution in [0.4, 0.5) is 11.4 Å². The highest BCUT2D eigenvalue weighted by atomic mass is 16.5. The molecule has 0 saturated heterocycles. The van der Waals surface area contributed by atoms with Crippen LogP contribution in [0.2, 0.25) is 0 Å². The summed E-state index contributed by atoms with van der Waals surface area (Å²) in [5.74, 6) is 0.0335. The molecule has 0 aliphatic rings. The van der Waals surface area contributed by atoms with Crippen molar-refractivity contribution in [2.24, 2.45) is 0 Å². The van der Waals surface area contributed by atoms with E-state index in [0.717, 1.165) is 5.56 Å². The molecule has 0 saturated carbocycles. The smallest absolute Gasteiger partial charge is 0.197 e. The van der Waals surface area contributed by atoms with E-state index in [9.17, 15) is 15.0 Å². The highest BCUT2D eigenvalue weighted by Crippen LogP contribution is 2.38. The second kappa shape index (κ2) is 8.55. The molecular weight excluding hydrogens is 408 g/mol. The zero-order chi connectivity index (χ0) is 22.8. The van der Waals surface area contributed by atoms with Crippen LogP contribution in [-0.2, 0) is 12.8 Å². The van der Waals surface area contributed by atoms with E-state index >= 15 is 0 Å². The first kappa shape index (κ1) is 21.1. The normalized spacial score (nSPS) is 11.0. The van der Waals surface area contributed by atoms with Gasteiger partial charge in [-0.25, -0.2) is 0 Å². The van der Waals surface area contributed by atoms with Crippen LogP contribution in [-0.4, -0.2) is 22.6 Å². The molecule has 0 aliphatic carbocycles. The fraction of sp³-hybridized carbons (Fsp3) is 0.160. The van der Waals surface area contributed by atoms with Crippen molar-refractivity contribution in [2.75, 3.05) is 18.1 Å². The Balaban J connectivity index is 1.67. The van der Waals surface area contributed by atoms with Crippen LogP contribution >= 0.6 is 0 Å². The standard InChI is InChI=1S/C25H24N2O5/c1-2-20-23(24(29)15-10-17(26)25(30)18(27)11-15)16-12-19(28)22(13-21(16)32-20)31-9-8-14-6-4-3-5-7-14/h3-7,10-13,28,30H,2,8-9,26-27H2,1H3. The van der Waals surface area contributed by atoms with Gasteiger partial charge in [-0.15, -0.1) is 0 Å². The first-order valence-electron chi connectivity index (χ1n) is 10.3. The molecule has 0 unspecified atom stereocenters. The van der Waals surface area contributed by atoms with Gasteiger partial charge in [-0.05, 0) is 23.8 Å². The summed E-state index contributed by atoms with van der Waals surface area (Å²) < 4.78 is 11.7. The number of anilines is 2. The summed E-state index contributed by atoms with van der Waals surface area (Å²) in [5, 5.41) is 20.8. The molecule has 0 spiro atoms. The monoisotopic (exact) mass is 432 g/mol. The third kappa shape index (κ3) is 3.92. The number of furan rings is 1. The van der Waals surface area contributed by atoms with E-state index in [0.29, 0.717) is 41.7 Å². The Morgan fingerprint density at radius 1 is 1.03 bits per heavy atom. The van der Waals surface area contributed by atoms with E-state index in [1.165, 1.54) is 18.2 Å². The maximum atomic E-state index is 13.3. The SMILES string of the molecule is CCc1oc2cc(OCCc3ccccc3)c(O)cc2c1C(=O)c1cc(N)c(O)c(N)c1. The molecule has 0 amide bonds. The summed E-state index contributed by atoms with van der Waals surface area (Å²) in [6.07, 6.45) is 1.15. The number of carbonyl (C=O) groups excluding carboxylic acids is 1. The van der Waals surface area contributed by atoms with Gasteiger partial charge in [0.1, 0.15) is 11.3 Å². The lowest BCUT2D eigenvalue weighted by atomic mass is 9.98. The summed E-state index contributed by atoms with van der Waals surface area (Å²) in [5.41, 5.74) is 13.6. The molecule has 3 aromatic carbocycles. The predicted molar refractivity (Wildman–Crippen MR) is 123 cm³/mol. The zero-order valence-corrected chi connectivity index (χ0v) is 17.6. The van der Waals surface area contributed by atoms with Gasteiger partial charge in [0, 0.05) is 29.9 Å². The Labute approximate surface area is 184 Å². The lowest BCUT2D eigenvalue weighted by molar-refractivity contribution is 0.103. The van der Waals surface area contributed by atoms with Crippen LogP contribution in [0.25, 0.3) is 11.0 Å². The molecule has 4 rings (SSSR count). The average molecular weight is 432 g/mol. The number of aromatic hydroxyl groups is 2. The van der Waals surface area contributed by atoms with Gasteiger partial charge in [0.25, 0.3) is 0 Å². The number of nitrogen functional groups attached to an aromatic ring is 2. The Morgan fingerprint density at radius 3 is 2.38 bits per heavy atom. The second-order valence-electron chi connectivity index (χ2n) is 7.49. The Morgan fingerprint density at radius 2 is 1.72 bits per heavy atom. The van der Waals surface area contributed by atoms with Crippen LogP contribution in [0.15, 0.2) is 59.0 Å². The quantitative estimate of drug-likeness (QED) is 0.193. The van der Waals surface area contributed by atoms with E-state index in [-0.39, 0.29) is 40.0 Å². The molecule has 7 heteroatoms. The minimum Gasteiger partial charge on any atom is -0.504 e. The number of carbonyl (C=O) groups is 1. The van der Waals surface area contributed by atoms with Crippen molar-refractivity contribution >= 4 is 28.1 Å². The number of ether oxygens (including phenoxy) is 1. The summed E-state index contributed by atoms with van der Waals surface area (Å²) >= 11 is 0. The number of phenols is 2. The summed E-state index contributed by atoms with van der Waals surface area (Å²) in [4.78, 5) is 13.3. The number of ketones is 1. The van der Waals surface area contributed by atoms with Crippen molar-refractivity contribution in [3.8, 4) is 17.2 Å². The average Bonchev–Trinajstić information content (AvgIpc) is 3.14. The fourth-order valence-corrected chi connectivity index (χ4v) is 3.66. The molecule has 32 heavy (non-hydrogen) atoms. The molecule has 0 aliphatic heterocycles. The maximum Gasteiger partial charge on any atom is 0.197 e. The third-order valence-electron chi connectivity index (χ3n) is 5.31. The van der Waals surface area contributed by atoms with Crippen molar-refractivity contribution in [1.82, 2.24) is 0 Å². The van der Waals surface area contributed by atoms with E-state index in [2.05, 4.69) is 0 Å². The molecular formula is C25H24N2O5. The van der Waals surface area contributed by atoms with Crippen LogP contribution in [0.3, 0.4) is 0 Å². The first-order valence-corrected chi connectivity index (χ1v) is 10.3. The van der Waals surface area contributed by atoms with E-state index < -0.39 is 0 Å². The molecule has 0 bridgehead atoms. The van der Waals surface area contributed by atoms with E-state index in [1.807, 2.05) is 37.3 Å². The number of aryl methyl sites for hydroxylation is 1. The van der Waals surface area contributed by atoms with E-state index in [1.54, 1.807) is 6.07 Å². The van der Waals surface area contributed by atoms with Crippen LogP contribution in [0, 0.1) is 0 Å². The second-order valence-corrected chi connectivity index (χ2v) is 7.49. The number of nitrogens with two attached hydrogens (primary N) is 2. The van der Waals surface area contributed by atoms with Crippen LogP contribution in [0.1, 0.15) is 34.2 Å². The predicted octanol–water partition coefficient (Wildman–Crippen LogP) is 4.42. The molecule has 7 nitrogen and oxygen atoms in total. The number of hydrogen-bond donors (Lipinski definition) is 4. The largest absolute Gasteiger partial charge is 0.504 e. The van der Waals surface area contributed by atoms with Crippen LogP contribution < -0.4 is 16.2 Å². The lowest BCUT2D eigenvalue weighted by Crippen LogP contribution is -2.06. The Bertz CT molecular complexity index is 1270. The minimum atomic E-state index is -0.365. The van der Waals surface area contributed by atoms with Crippen molar-refractivity contribution in [3.63, 3.8) is 0 Å². The first-order chi connectivity index (χ1) is 15.4. The summed E-state index contributed by atoms with van der Waals surface area (Å²) in [6, 6.07) is 15.7. The van der Waals surface area contributed by atoms with Crippen molar-refractivity contribution in [2.45, 2.75) is 19.8 Å². The van der Waals surface area contributed by atoms with Crippen LogP contribution in [0.5, 0.6) is 17.2 Å². The molecule has 6 N–H and O–H groups in total. The molecule has 164 valence electrons. The van der Waals surface area contributed by atoms with Gasteiger partial charge >= 0.3 is 0 Å². The number of fused-ring (bicyclic) bond motifs is 1. The van der Waals surface area contributed by atoms with Crippen molar-refractivity contribution in [3.05, 3.63) is 77.0 Å². The van der Waals surface area contributed by atoms with Gasteiger partial charge in [-0.3, -0.25) is 4.79 Å². The number of phenolic OH excluding ortho intramolecular Hbond substituents is 2. The minimum absolute atomic E-state index is 0.0103. The molecule has 1 heterocycles. The summed E-state index contributed by atoms with van der Waals surface area (Å²) in [6.45, 7) is 2.24. The summed E-state index contributed by atoms with van der Waals surface area (Å²) in [7, 11) is 0. The Kier molecular flexibility index (Phi) is 5.64. The highest BCUT2D eigenvalue weighted by molar-refractivity contribution is 6.18. The zero-order valence-electron chi connectivity index (χ0n) is 17.6. The molecule has 4 aromatic rings. The van der Waals surface area contributed by atoms with Gasteiger partial charge in [-0.1, -0.05) is 37.3 Å². The van der Waals surface area contributed by atoms with E-state index in [4.69, 9.17) is 20.6 Å². The highest BCUT2D eigenvalue weighted by Gasteiger charge is 2.24. The number of rotatable bonds is 7. The van der Waals surface area contributed by atoms with Gasteiger partial charge in [0.05, 0.1) is 23.5 Å². The Hall–Kier alpha value is -4.13. The molecule has 0 radical (unpaired) electrons. The maximum absolute atomic E-state index is 13.3. The number of hydrogen-bond acceptors (Lipinski definition) is 7. The topological polar surface area (TPSA) is 132 Å². The lowest BCUT2D eigenvalue weighted by Gasteiger charge is -2.09. The third-order valence-corrected chi connectivity index (χ3v) is 5.31. The molecule has 1 aromatic heterocycles. The molecule has 0 fully saturated rings. The van der Waals surface area contributed by atoms with Gasteiger partial charge in [0.2, 0.25) is 0 Å². The van der Waals surface area contributed by atoms with Gasteiger partial charge in [0.15, 0.2) is 23.0 Å². The van der Waals surface area contributed by atoms with Gasteiger partial charge < -0.3 is 30.8 Å². The molecule has 0 atom stereocenters.